The van der Waals surface area contributed by atoms with Crippen molar-refractivity contribution in [3.05, 3.63) is 65.7 Å². The molecule has 0 aliphatic carbocycles. The molecule has 0 bridgehead atoms. The predicted octanol–water partition coefficient (Wildman–Crippen LogP) is 3.92. The highest BCUT2D eigenvalue weighted by atomic mass is 16.5. The number of amides is 1. The lowest BCUT2D eigenvalue weighted by atomic mass is 10.1. The lowest BCUT2D eigenvalue weighted by Gasteiger charge is -2.20. The maximum absolute atomic E-state index is 12.2. The third-order valence-electron chi connectivity index (χ3n) is 4.20. The van der Waals surface area contributed by atoms with Gasteiger partial charge in [0.15, 0.2) is 11.5 Å². The molecule has 29 heavy (non-hydrogen) atoms. The summed E-state index contributed by atoms with van der Waals surface area (Å²) in [6.07, 6.45) is 3.54. The second-order valence-electron chi connectivity index (χ2n) is 6.33. The quantitative estimate of drug-likeness (QED) is 0.486. The molecule has 0 aromatic heterocycles. The van der Waals surface area contributed by atoms with Crippen molar-refractivity contribution >= 4 is 18.0 Å². The zero-order valence-corrected chi connectivity index (χ0v) is 17.0. The second-order valence-corrected chi connectivity index (χ2v) is 6.33. The topological polar surface area (TPSA) is 73.9 Å². The van der Waals surface area contributed by atoms with Crippen molar-refractivity contribution in [2.75, 3.05) is 20.8 Å². The number of carbonyl (C=O) groups is 2. The summed E-state index contributed by atoms with van der Waals surface area (Å²) in [7, 11) is 3.09. The molecule has 154 valence electrons. The molecule has 1 atom stereocenters. The van der Waals surface area contributed by atoms with E-state index in [1.54, 1.807) is 31.4 Å². The molecule has 0 spiro atoms. The molecular weight excluding hydrogens is 370 g/mol. The molecule has 0 unspecified atom stereocenters. The minimum absolute atomic E-state index is 0.142. The number of rotatable bonds is 10. The third kappa shape index (κ3) is 6.99. The molecule has 0 aliphatic rings. The van der Waals surface area contributed by atoms with E-state index in [1.807, 2.05) is 37.3 Å². The summed E-state index contributed by atoms with van der Waals surface area (Å²) in [5.74, 6) is 0.508. The highest BCUT2D eigenvalue weighted by Crippen LogP contribution is 2.31. The van der Waals surface area contributed by atoms with Crippen molar-refractivity contribution in [2.45, 2.75) is 25.9 Å². The average molecular weight is 397 g/mol. The fourth-order valence-corrected chi connectivity index (χ4v) is 2.69. The van der Waals surface area contributed by atoms with Crippen LogP contribution in [0.5, 0.6) is 11.5 Å². The van der Waals surface area contributed by atoms with Crippen LogP contribution in [0.4, 0.5) is 0 Å². The number of methoxy groups -OCH3 is 2. The fourth-order valence-electron chi connectivity index (χ4n) is 2.69. The number of carbonyl (C=O) groups excluding carboxylic acids is 2. The summed E-state index contributed by atoms with van der Waals surface area (Å²) < 4.78 is 16.2. The summed E-state index contributed by atoms with van der Waals surface area (Å²) in [6.45, 7) is 2.05. The van der Waals surface area contributed by atoms with Crippen LogP contribution in [0.3, 0.4) is 0 Å². The van der Waals surface area contributed by atoms with Crippen molar-refractivity contribution in [3.63, 3.8) is 0 Å². The van der Waals surface area contributed by atoms with Crippen molar-refractivity contribution in [2.24, 2.45) is 0 Å². The van der Waals surface area contributed by atoms with E-state index in [1.165, 1.54) is 13.2 Å². The molecule has 0 aliphatic heterocycles. The first-order valence-electron chi connectivity index (χ1n) is 9.49. The summed E-state index contributed by atoms with van der Waals surface area (Å²) in [5, 5.41) is 2.79. The number of esters is 1. The largest absolute Gasteiger partial charge is 0.493 e. The minimum atomic E-state index is -0.636. The van der Waals surface area contributed by atoms with Crippen LogP contribution in [-0.2, 0) is 14.3 Å². The Morgan fingerprint density at radius 2 is 1.76 bits per heavy atom. The van der Waals surface area contributed by atoms with Gasteiger partial charge in [-0.25, -0.2) is 0 Å². The van der Waals surface area contributed by atoms with Crippen LogP contribution >= 0.6 is 0 Å². The third-order valence-corrected chi connectivity index (χ3v) is 4.20. The SMILES string of the molecule is CCCC(=O)O[C@H](CNC(=O)/C=C/c1ccccc1)c1ccc(OC)c(OC)c1. The van der Waals surface area contributed by atoms with Crippen LogP contribution in [0.2, 0.25) is 0 Å². The Bertz CT molecular complexity index is 832. The van der Waals surface area contributed by atoms with Gasteiger partial charge in [-0.2, -0.15) is 0 Å². The summed E-state index contributed by atoms with van der Waals surface area (Å²) in [5.41, 5.74) is 1.63. The van der Waals surface area contributed by atoms with Crippen LogP contribution in [0, 0.1) is 0 Å². The Kier molecular flexibility index (Phi) is 8.76. The van der Waals surface area contributed by atoms with Gasteiger partial charge < -0.3 is 19.5 Å². The summed E-state index contributed by atoms with van der Waals surface area (Å²) in [4.78, 5) is 24.3. The Balaban J connectivity index is 2.10. The molecule has 0 radical (unpaired) electrons. The van der Waals surface area contributed by atoms with Gasteiger partial charge in [0.1, 0.15) is 6.10 Å². The number of hydrogen-bond acceptors (Lipinski definition) is 5. The van der Waals surface area contributed by atoms with Gasteiger partial charge in [0.25, 0.3) is 0 Å². The lowest BCUT2D eigenvalue weighted by molar-refractivity contribution is -0.149. The van der Waals surface area contributed by atoms with E-state index in [0.29, 0.717) is 29.9 Å². The van der Waals surface area contributed by atoms with E-state index in [0.717, 1.165) is 5.56 Å². The molecule has 2 aromatic carbocycles. The fraction of sp³-hybridized carbons (Fsp3) is 0.304. The molecule has 0 saturated heterocycles. The minimum Gasteiger partial charge on any atom is -0.493 e. The molecule has 0 saturated carbocycles. The van der Waals surface area contributed by atoms with Gasteiger partial charge >= 0.3 is 5.97 Å². The van der Waals surface area contributed by atoms with Crippen LogP contribution in [-0.4, -0.2) is 32.6 Å². The molecule has 2 aromatic rings. The van der Waals surface area contributed by atoms with Gasteiger partial charge in [0.05, 0.1) is 20.8 Å². The van der Waals surface area contributed by atoms with Crippen molar-refractivity contribution < 1.29 is 23.8 Å². The smallest absolute Gasteiger partial charge is 0.306 e. The Morgan fingerprint density at radius 3 is 2.41 bits per heavy atom. The first-order valence-corrected chi connectivity index (χ1v) is 9.49. The molecule has 1 N–H and O–H groups in total. The van der Waals surface area contributed by atoms with Gasteiger partial charge in [-0.3, -0.25) is 9.59 Å². The number of benzene rings is 2. The monoisotopic (exact) mass is 397 g/mol. The molecule has 6 nitrogen and oxygen atoms in total. The lowest BCUT2D eigenvalue weighted by Crippen LogP contribution is -2.29. The Labute approximate surface area is 171 Å². The Hall–Kier alpha value is -3.28. The van der Waals surface area contributed by atoms with E-state index in [-0.39, 0.29) is 18.4 Å². The number of ether oxygens (including phenoxy) is 3. The highest BCUT2D eigenvalue weighted by Gasteiger charge is 2.19. The van der Waals surface area contributed by atoms with Crippen LogP contribution in [0.1, 0.15) is 37.0 Å². The van der Waals surface area contributed by atoms with Crippen molar-refractivity contribution in [1.29, 1.82) is 0 Å². The highest BCUT2D eigenvalue weighted by molar-refractivity contribution is 5.91. The van der Waals surface area contributed by atoms with E-state index >= 15 is 0 Å². The number of hydrogen-bond donors (Lipinski definition) is 1. The van der Waals surface area contributed by atoms with E-state index in [4.69, 9.17) is 14.2 Å². The molecule has 0 heterocycles. The molecule has 0 fully saturated rings. The van der Waals surface area contributed by atoms with E-state index < -0.39 is 6.10 Å². The first-order chi connectivity index (χ1) is 14.1. The second kappa shape index (κ2) is 11.5. The van der Waals surface area contributed by atoms with E-state index in [2.05, 4.69) is 5.32 Å². The maximum Gasteiger partial charge on any atom is 0.306 e. The molecule has 1 amide bonds. The van der Waals surface area contributed by atoms with Gasteiger partial charge in [-0.15, -0.1) is 0 Å². The maximum atomic E-state index is 12.2. The standard InChI is InChI=1S/C23H27NO5/c1-4-8-23(26)29-21(18-12-13-19(27-2)20(15-18)28-3)16-24-22(25)14-11-17-9-6-5-7-10-17/h5-7,9-15,21H,4,8,16H2,1-3H3,(H,24,25)/b14-11+/t21-/m1/s1. The zero-order chi connectivity index (χ0) is 21.1. The summed E-state index contributed by atoms with van der Waals surface area (Å²) in [6, 6.07) is 14.8. The average Bonchev–Trinajstić information content (AvgIpc) is 2.75. The molecule has 2 rings (SSSR count). The normalized spacial score (nSPS) is 11.7. The van der Waals surface area contributed by atoms with Crippen LogP contribution in [0.25, 0.3) is 6.08 Å². The van der Waals surface area contributed by atoms with Gasteiger partial charge in [-0.05, 0) is 35.8 Å². The van der Waals surface area contributed by atoms with Gasteiger partial charge in [0, 0.05) is 12.5 Å². The van der Waals surface area contributed by atoms with Gasteiger partial charge in [0.2, 0.25) is 5.91 Å². The van der Waals surface area contributed by atoms with Crippen LogP contribution in [0.15, 0.2) is 54.6 Å². The molecule has 6 heteroatoms. The predicted molar refractivity (Wildman–Crippen MR) is 112 cm³/mol. The molecular formula is C23H27NO5. The number of nitrogens with one attached hydrogen (secondary N) is 1. The van der Waals surface area contributed by atoms with Crippen molar-refractivity contribution in [1.82, 2.24) is 5.32 Å². The van der Waals surface area contributed by atoms with E-state index in [9.17, 15) is 9.59 Å². The van der Waals surface area contributed by atoms with Gasteiger partial charge in [-0.1, -0.05) is 43.3 Å². The zero-order valence-electron chi connectivity index (χ0n) is 17.0. The summed E-state index contributed by atoms with van der Waals surface area (Å²) >= 11 is 0. The van der Waals surface area contributed by atoms with Crippen LogP contribution < -0.4 is 14.8 Å². The Morgan fingerprint density at radius 1 is 1.03 bits per heavy atom. The van der Waals surface area contributed by atoms with Crippen molar-refractivity contribution in [3.8, 4) is 11.5 Å². The first kappa shape index (κ1) is 22.0.